The normalized spacial score (nSPS) is 60.1. The maximum absolute atomic E-state index is 12.4. The monoisotopic (exact) mass is 216 g/mol. The van der Waals surface area contributed by atoms with Crippen LogP contribution in [0.15, 0.2) is 12.2 Å². The summed E-state index contributed by atoms with van der Waals surface area (Å²) in [5.41, 5.74) is 2.05. The van der Waals surface area contributed by atoms with E-state index in [1.165, 1.54) is 18.4 Å². The van der Waals surface area contributed by atoms with Crippen molar-refractivity contribution in [2.24, 2.45) is 34.0 Å². The van der Waals surface area contributed by atoms with Crippen LogP contribution in [0, 0.1) is 34.0 Å². The molecular weight excluding hydrogens is 196 g/mol. The summed E-state index contributed by atoms with van der Waals surface area (Å²) in [5.74, 6) is 2.62. The van der Waals surface area contributed by atoms with E-state index in [4.69, 9.17) is 0 Å². The van der Waals surface area contributed by atoms with E-state index >= 15 is 0 Å². The Morgan fingerprint density at radius 1 is 1.31 bits per heavy atom. The van der Waals surface area contributed by atoms with Gasteiger partial charge < -0.3 is 0 Å². The van der Waals surface area contributed by atoms with Gasteiger partial charge in [-0.1, -0.05) is 32.9 Å². The van der Waals surface area contributed by atoms with Crippen LogP contribution in [0.5, 0.6) is 0 Å². The lowest BCUT2D eigenvalue weighted by Crippen LogP contribution is -2.29. The summed E-state index contributed by atoms with van der Waals surface area (Å²) in [5, 5.41) is 0. The molecule has 0 aliphatic heterocycles. The fourth-order valence-electron chi connectivity index (χ4n) is 6.02. The number of carbonyl (C=O) groups excluding carboxylic acids is 1. The molecule has 0 heterocycles. The van der Waals surface area contributed by atoms with Gasteiger partial charge in [0.25, 0.3) is 0 Å². The number of rotatable bonds is 0. The third-order valence-corrected chi connectivity index (χ3v) is 6.87. The van der Waals surface area contributed by atoms with Crippen molar-refractivity contribution in [2.45, 2.75) is 40.0 Å². The Morgan fingerprint density at radius 3 is 2.69 bits per heavy atom. The van der Waals surface area contributed by atoms with Gasteiger partial charge in [-0.25, -0.2) is 0 Å². The van der Waals surface area contributed by atoms with Gasteiger partial charge in [-0.3, -0.25) is 4.79 Å². The van der Waals surface area contributed by atoms with Crippen LogP contribution in [0.25, 0.3) is 0 Å². The van der Waals surface area contributed by atoms with E-state index in [2.05, 4.69) is 27.4 Å². The van der Waals surface area contributed by atoms with Crippen molar-refractivity contribution in [1.82, 2.24) is 0 Å². The fraction of sp³-hybridized carbons (Fsp3) is 0.800. The molecule has 0 amide bonds. The maximum atomic E-state index is 12.4. The molecule has 0 aromatic heterocycles. The topological polar surface area (TPSA) is 17.1 Å². The van der Waals surface area contributed by atoms with Crippen LogP contribution in [0.2, 0.25) is 0 Å². The lowest BCUT2D eigenvalue weighted by molar-refractivity contribution is -0.127. The second-order valence-corrected chi connectivity index (χ2v) is 7.30. The molecule has 4 saturated carbocycles. The first-order valence-corrected chi connectivity index (χ1v) is 6.61. The first kappa shape index (κ1) is 9.44. The summed E-state index contributed by atoms with van der Waals surface area (Å²) in [7, 11) is 0. The van der Waals surface area contributed by atoms with E-state index in [0.717, 1.165) is 12.3 Å². The van der Waals surface area contributed by atoms with Gasteiger partial charge in [0.15, 0.2) is 0 Å². The van der Waals surface area contributed by atoms with Crippen molar-refractivity contribution >= 4 is 5.78 Å². The van der Waals surface area contributed by atoms with Gasteiger partial charge in [0.1, 0.15) is 5.78 Å². The van der Waals surface area contributed by atoms with Gasteiger partial charge in [0.2, 0.25) is 0 Å². The molecular formula is C15H20O. The SMILES string of the molecule is C=C1CC[C@@H]2C13[C@@H]1[C@H](CC(=O)[C@]23C)C1(C)C. The molecule has 4 aliphatic carbocycles. The van der Waals surface area contributed by atoms with Crippen LogP contribution in [-0.2, 0) is 4.79 Å². The quantitative estimate of drug-likeness (QED) is 0.568. The van der Waals surface area contributed by atoms with Crippen LogP contribution in [0.4, 0.5) is 0 Å². The van der Waals surface area contributed by atoms with Crippen molar-refractivity contribution in [3.05, 3.63) is 12.2 Å². The number of fused-ring (bicyclic) bond motifs is 2. The Morgan fingerprint density at radius 2 is 2.00 bits per heavy atom. The summed E-state index contributed by atoms with van der Waals surface area (Å²) < 4.78 is 0. The predicted octanol–water partition coefficient (Wildman–Crippen LogP) is 3.20. The molecule has 0 N–H and O–H groups in total. The molecule has 1 nitrogen and oxygen atoms in total. The van der Waals surface area contributed by atoms with Crippen molar-refractivity contribution in [2.75, 3.05) is 0 Å². The molecule has 0 aromatic carbocycles. The Kier molecular flexibility index (Phi) is 1.22. The first-order valence-electron chi connectivity index (χ1n) is 6.61. The van der Waals surface area contributed by atoms with Gasteiger partial charge >= 0.3 is 0 Å². The fourth-order valence-corrected chi connectivity index (χ4v) is 6.02. The van der Waals surface area contributed by atoms with Crippen molar-refractivity contribution in [3.8, 4) is 0 Å². The highest BCUT2D eigenvalue weighted by Gasteiger charge is 2.90. The molecule has 4 fully saturated rings. The highest BCUT2D eigenvalue weighted by molar-refractivity contribution is 5.94. The van der Waals surface area contributed by atoms with Crippen molar-refractivity contribution < 1.29 is 4.79 Å². The van der Waals surface area contributed by atoms with Gasteiger partial charge in [-0.15, -0.1) is 0 Å². The van der Waals surface area contributed by atoms with E-state index in [9.17, 15) is 4.79 Å². The minimum Gasteiger partial charge on any atom is -0.299 e. The molecule has 4 rings (SSSR count). The van der Waals surface area contributed by atoms with Gasteiger partial charge in [-0.05, 0) is 36.0 Å². The molecule has 0 aromatic rings. The Balaban J connectivity index is 1.91. The molecule has 4 aliphatic rings. The Hall–Kier alpha value is -0.590. The lowest BCUT2D eigenvalue weighted by atomic mass is 9.74. The maximum Gasteiger partial charge on any atom is 0.140 e. The smallest absolute Gasteiger partial charge is 0.140 e. The zero-order chi connectivity index (χ0) is 11.5. The summed E-state index contributed by atoms with van der Waals surface area (Å²) in [6, 6.07) is 0. The van der Waals surface area contributed by atoms with Crippen LogP contribution >= 0.6 is 0 Å². The van der Waals surface area contributed by atoms with E-state index in [1.54, 1.807) is 0 Å². The van der Waals surface area contributed by atoms with E-state index in [1.807, 2.05) is 0 Å². The molecule has 0 radical (unpaired) electrons. The van der Waals surface area contributed by atoms with E-state index in [-0.39, 0.29) is 10.8 Å². The summed E-state index contributed by atoms with van der Waals surface area (Å²) >= 11 is 0. The van der Waals surface area contributed by atoms with Crippen LogP contribution in [0.1, 0.15) is 40.0 Å². The predicted molar refractivity (Wildman–Crippen MR) is 62.8 cm³/mol. The number of hydrogen-bond acceptors (Lipinski definition) is 1. The molecule has 16 heavy (non-hydrogen) atoms. The summed E-state index contributed by atoms with van der Waals surface area (Å²) in [6.07, 6.45) is 3.24. The average molecular weight is 216 g/mol. The third-order valence-electron chi connectivity index (χ3n) is 6.87. The summed E-state index contributed by atoms with van der Waals surface area (Å²) in [6.45, 7) is 11.3. The zero-order valence-electron chi connectivity index (χ0n) is 10.5. The highest BCUT2D eigenvalue weighted by atomic mass is 16.1. The molecule has 1 heteroatoms. The van der Waals surface area contributed by atoms with E-state index in [0.29, 0.717) is 23.0 Å². The molecule has 86 valence electrons. The molecule has 0 saturated heterocycles. The Labute approximate surface area is 97.3 Å². The van der Waals surface area contributed by atoms with Crippen LogP contribution in [-0.4, -0.2) is 5.78 Å². The number of allylic oxidation sites excluding steroid dienone is 1. The molecule has 5 atom stereocenters. The molecule has 0 bridgehead atoms. The zero-order valence-corrected chi connectivity index (χ0v) is 10.5. The van der Waals surface area contributed by atoms with Gasteiger partial charge in [-0.2, -0.15) is 0 Å². The summed E-state index contributed by atoms with van der Waals surface area (Å²) in [4.78, 5) is 12.4. The minimum atomic E-state index is -0.00271. The second kappa shape index (κ2) is 2.07. The van der Waals surface area contributed by atoms with Crippen molar-refractivity contribution in [3.63, 3.8) is 0 Å². The number of carbonyl (C=O) groups is 1. The first-order chi connectivity index (χ1) is 7.39. The minimum absolute atomic E-state index is 0.00271. The molecule has 1 unspecified atom stereocenters. The molecule has 1 spiro atoms. The number of hydrogen-bond donors (Lipinski definition) is 0. The van der Waals surface area contributed by atoms with Gasteiger partial charge in [0.05, 0.1) is 0 Å². The highest BCUT2D eigenvalue weighted by Crippen LogP contribution is 2.92. The Bertz CT molecular complexity index is 444. The number of ketones is 1. The number of Topliss-reactive ketones (excluding diaryl/α,β-unsaturated/α-hetero) is 1. The standard InChI is InChI=1S/C15H20O/c1-8-5-6-10-14(4)11(16)7-9-12(13(9,2)3)15(8,10)14/h9-10,12H,1,5-7H2,2-4H3/t9-,10-,12+,14-,15?/m0/s1. The largest absolute Gasteiger partial charge is 0.299 e. The third kappa shape index (κ3) is 0.585. The van der Waals surface area contributed by atoms with Crippen molar-refractivity contribution in [1.29, 1.82) is 0 Å². The van der Waals surface area contributed by atoms with E-state index < -0.39 is 0 Å². The second-order valence-electron chi connectivity index (χ2n) is 7.30. The van der Waals surface area contributed by atoms with Crippen LogP contribution in [0.3, 0.4) is 0 Å². The lowest BCUT2D eigenvalue weighted by Gasteiger charge is -2.28. The van der Waals surface area contributed by atoms with Crippen LogP contribution < -0.4 is 0 Å². The average Bonchev–Trinajstić information content (AvgIpc) is 2.86. The van der Waals surface area contributed by atoms with Gasteiger partial charge in [0, 0.05) is 17.3 Å².